The molecule has 0 saturated heterocycles. The topological polar surface area (TPSA) is 33.4 Å². The summed E-state index contributed by atoms with van der Waals surface area (Å²) in [7, 11) is 0. The predicted molar refractivity (Wildman–Crippen MR) is 200 cm³/mol. The minimum Gasteiger partial charge on any atom is -0.366 e. The number of hydrogen-bond acceptors (Lipinski definition) is 2. The Morgan fingerprint density at radius 2 is 1.06 bits per heavy atom. The lowest BCUT2D eigenvalue weighted by molar-refractivity contribution is 0.506. The molecular formula is C44H30N4. The quantitative estimate of drug-likeness (QED) is 0.208. The van der Waals surface area contributed by atoms with E-state index in [-0.39, 0.29) is 12.2 Å². The zero-order valence-electron chi connectivity index (χ0n) is 26.1. The van der Waals surface area contributed by atoms with E-state index in [0.29, 0.717) is 0 Å². The molecule has 1 aliphatic heterocycles. The lowest BCUT2D eigenvalue weighted by Gasteiger charge is -2.35. The number of anilines is 1. The van der Waals surface area contributed by atoms with E-state index >= 15 is 0 Å². The van der Waals surface area contributed by atoms with Crippen LogP contribution in [0.2, 0.25) is 0 Å². The minimum absolute atomic E-state index is 0.0259. The van der Waals surface area contributed by atoms with Crippen LogP contribution in [0.4, 0.5) is 5.69 Å². The summed E-state index contributed by atoms with van der Waals surface area (Å²) in [6.07, 6.45) is -0.0259. The van der Waals surface area contributed by atoms with Crippen LogP contribution in [0.3, 0.4) is 0 Å². The van der Waals surface area contributed by atoms with Crippen LogP contribution in [0.5, 0.6) is 0 Å². The van der Waals surface area contributed by atoms with Crippen LogP contribution in [0.25, 0.3) is 65.6 Å². The molecule has 48 heavy (non-hydrogen) atoms. The van der Waals surface area contributed by atoms with Crippen molar-refractivity contribution in [2.24, 2.45) is 0 Å². The van der Waals surface area contributed by atoms with Gasteiger partial charge in [0.25, 0.3) is 0 Å². The molecule has 4 heteroatoms. The highest BCUT2D eigenvalue weighted by Crippen LogP contribution is 2.44. The third-order valence-electron chi connectivity index (χ3n) is 10.5. The standard InChI is InChI=1S/C44H30N4/c1-2-11-27(12-3-1)42-34-14-4-6-18-35(34)45-44(46-42)28-23-25-29(26-24-28)47-37-20-9-15-31-33-17-8-16-32-30-13-5-7-19-36(30)48(43(32)33)39-22-10-21-38(47)41(39)40(31)37/h1-26,42,44-46H. The SMILES string of the molecule is c1ccc(C2NC(c3ccc(-n4c5cccc6c7cccc8c9ccccc9n(c9cccc4c9c65)c78)cc3)Nc3ccccc32)cc1. The molecule has 1 aliphatic rings. The summed E-state index contributed by atoms with van der Waals surface area (Å²) in [4.78, 5) is 0. The minimum atomic E-state index is -0.0259. The second-order valence-corrected chi connectivity index (χ2v) is 13.0. The van der Waals surface area contributed by atoms with Crippen LogP contribution < -0.4 is 10.6 Å². The van der Waals surface area contributed by atoms with E-state index in [1.54, 1.807) is 0 Å². The molecule has 0 bridgehead atoms. The summed E-state index contributed by atoms with van der Waals surface area (Å²) >= 11 is 0. The molecule has 0 radical (unpaired) electrons. The fraction of sp³-hybridized carbons (Fsp3) is 0.0455. The molecular weight excluding hydrogens is 585 g/mol. The number of hydrogen-bond donors (Lipinski definition) is 2. The van der Waals surface area contributed by atoms with Gasteiger partial charge in [-0.15, -0.1) is 0 Å². The average molecular weight is 615 g/mol. The Morgan fingerprint density at radius 3 is 1.94 bits per heavy atom. The normalized spacial score (nSPS) is 16.4. The first kappa shape index (κ1) is 26.0. The molecule has 2 N–H and O–H groups in total. The van der Waals surface area contributed by atoms with Crippen LogP contribution in [0.15, 0.2) is 158 Å². The molecule has 0 spiro atoms. The largest absolute Gasteiger partial charge is 0.366 e. The van der Waals surface area contributed by atoms with Gasteiger partial charge in [0.05, 0.1) is 33.6 Å². The lowest BCUT2D eigenvalue weighted by atomic mass is 9.93. The summed E-state index contributed by atoms with van der Waals surface area (Å²) in [6, 6.07) is 57.7. The molecule has 3 aromatic heterocycles. The van der Waals surface area contributed by atoms with Gasteiger partial charge < -0.3 is 14.3 Å². The Bertz CT molecular complexity index is 2840. The molecule has 0 aliphatic carbocycles. The first-order valence-electron chi connectivity index (χ1n) is 16.7. The van der Waals surface area contributed by atoms with Crippen LogP contribution in [-0.4, -0.2) is 8.97 Å². The van der Waals surface area contributed by atoms with Crippen LogP contribution in [0, 0.1) is 0 Å². The third kappa shape index (κ3) is 3.47. The Labute approximate surface area is 276 Å². The Kier molecular flexibility index (Phi) is 5.26. The molecule has 4 heterocycles. The molecule has 2 atom stereocenters. The zero-order chi connectivity index (χ0) is 31.3. The van der Waals surface area contributed by atoms with Gasteiger partial charge in [0.15, 0.2) is 0 Å². The maximum absolute atomic E-state index is 3.90. The molecule has 0 fully saturated rings. The molecule has 226 valence electrons. The van der Waals surface area contributed by atoms with Crippen molar-refractivity contribution in [3.63, 3.8) is 0 Å². The van der Waals surface area contributed by atoms with E-state index in [1.165, 1.54) is 82.3 Å². The number of benzene rings is 7. The second kappa shape index (κ2) is 9.71. The van der Waals surface area contributed by atoms with E-state index in [4.69, 9.17) is 0 Å². The van der Waals surface area contributed by atoms with E-state index < -0.39 is 0 Å². The van der Waals surface area contributed by atoms with Gasteiger partial charge in [0, 0.05) is 38.3 Å². The van der Waals surface area contributed by atoms with Crippen molar-refractivity contribution < 1.29 is 0 Å². The fourth-order valence-electron chi connectivity index (χ4n) is 8.52. The number of aromatic nitrogens is 2. The number of para-hydroxylation sites is 3. The predicted octanol–water partition coefficient (Wildman–Crippen LogP) is 10.7. The van der Waals surface area contributed by atoms with Crippen molar-refractivity contribution >= 4 is 65.6 Å². The number of nitrogens with zero attached hydrogens (tertiary/aromatic N) is 2. The van der Waals surface area contributed by atoms with Gasteiger partial charge in [-0.1, -0.05) is 115 Å². The second-order valence-electron chi connectivity index (χ2n) is 13.0. The van der Waals surface area contributed by atoms with Crippen molar-refractivity contribution in [2.45, 2.75) is 12.2 Å². The van der Waals surface area contributed by atoms with Crippen LogP contribution in [-0.2, 0) is 0 Å². The molecule has 7 aromatic carbocycles. The van der Waals surface area contributed by atoms with Gasteiger partial charge in [-0.3, -0.25) is 5.32 Å². The summed E-state index contributed by atoms with van der Waals surface area (Å²) in [5.74, 6) is 0. The monoisotopic (exact) mass is 614 g/mol. The van der Waals surface area contributed by atoms with Crippen molar-refractivity contribution in [3.05, 3.63) is 174 Å². The smallest absolute Gasteiger partial charge is 0.104 e. The van der Waals surface area contributed by atoms with Gasteiger partial charge in [0.2, 0.25) is 0 Å². The molecule has 0 saturated carbocycles. The number of fused-ring (bicyclic) bond motifs is 6. The van der Waals surface area contributed by atoms with Crippen LogP contribution in [0.1, 0.15) is 28.9 Å². The van der Waals surface area contributed by atoms with E-state index in [1.807, 2.05) is 0 Å². The Morgan fingerprint density at radius 1 is 0.438 bits per heavy atom. The molecule has 2 unspecified atom stereocenters. The highest BCUT2D eigenvalue weighted by molar-refractivity contribution is 6.31. The van der Waals surface area contributed by atoms with Crippen LogP contribution >= 0.6 is 0 Å². The third-order valence-corrected chi connectivity index (χ3v) is 10.5. The average Bonchev–Trinajstić information content (AvgIpc) is 3.64. The van der Waals surface area contributed by atoms with Gasteiger partial charge in [0.1, 0.15) is 6.17 Å². The summed E-state index contributed by atoms with van der Waals surface area (Å²) in [5.41, 5.74) is 12.3. The van der Waals surface area contributed by atoms with Crippen molar-refractivity contribution in [1.29, 1.82) is 0 Å². The van der Waals surface area contributed by atoms with Gasteiger partial charge in [-0.2, -0.15) is 0 Å². The molecule has 11 rings (SSSR count). The van der Waals surface area contributed by atoms with Gasteiger partial charge in [-0.05, 0) is 64.5 Å². The van der Waals surface area contributed by atoms with Crippen molar-refractivity contribution in [1.82, 2.24) is 14.3 Å². The molecule has 0 amide bonds. The van der Waals surface area contributed by atoms with Gasteiger partial charge >= 0.3 is 0 Å². The number of nitrogens with one attached hydrogen (secondary N) is 2. The van der Waals surface area contributed by atoms with E-state index in [2.05, 4.69) is 177 Å². The summed E-state index contributed by atoms with van der Waals surface area (Å²) < 4.78 is 4.94. The Hall–Kier alpha value is -6.10. The first-order chi connectivity index (χ1) is 23.8. The van der Waals surface area contributed by atoms with Crippen molar-refractivity contribution in [2.75, 3.05) is 5.32 Å². The molecule has 10 aromatic rings. The summed E-state index contributed by atoms with van der Waals surface area (Å²) in [6.45, 7) is 0. The lowest BCUT2D eigenvalue weighted by Crippen LogP contribution is -2.37. The summed E-state index contributed by atoms with van der Waals surface area (Å²) in [5, 5.41) is 15.4. The van der Waals surface area contributed by atoms with Crippen molar-refractivity contribution in [3.8, 4) is 5.69 Å². The fourth-order valence-corrected chi connectivity index (χ4v) is 8.52. The molecule has 4 nitrogen and oxygen atoms in total. The first-order valence-corrected chi connectivity index (χ1v) is 16.7. The highest BCUT2D eigenvalue weighted by Gasteiger charge is 2.28. The highest BCUT2D eigenvalue weighted by atomic mass is 15.2. The Balaban J connectivity index is 1.11. The van der Waals surface area contributed by atoms with E-state index in [9.17, 15) is 0 Å². The van der Waals surface area contributed by atoms with E-state index in [0.717, 1.165) is 5.69 Å². The zero-order valence-corrected chi connectivity index (χ0v) is 26.1. The maximum Gasteiger partial charge on any atom is 0.104 e. The number of rotatable bonds is 3. The maximum atomic E-state index is 3.90. The van der Waals surface area contributed by atoms with Gasteiger partial charge in [-0.25, -0.2) is 0 Å².